The van der Waals surface area contributed by atoms with Gasteiger partial charge in [0.15, 0.2) is 0 Å². The standard InChI is InChI=1S/C34H39N3O4/c1-22(2)21-41-29-14-9-26(20-24(29)4)32(38)30-31(25-8-6-7-23(3)19-25)37(34(40)33(30)39)28-12-10-27(11-13-28)36-17-15-35(5)16-18-36/h6-14,19-20,22,31,38H,15-18,21H2,1-5H3/b32-30-. The molecular formula is C34H39N3O4. The molecule has 3 aromatic carbocycles. The first-order valence-electron chi connectivity index (χ1n) is 14.3. The third kappa shape index (κ3) is 5.86. The largest absolute Gasteiger partial charge is 0.507 e. The van der Waals surface area contributed by atoms with Crippen molar-refractivity contribution in [3.05, 3.63) is 94.6 Å². The van der Waals surface area contributed by atoms with Crippen LogP contribution in [0.15, 0.2) is 72.3 Å². The molecule has 1 atom stereocenters. The van der Waals surface area contributed by atoms with Crippen molar-refractivity contribution in [1.29, 1.82) is 0 Å². The molecule has 0 saturated carbocycles. The van der Waals surface area contributed by atoms with Crippen LogP contribution in [0.1, 0.15) is 42.1 Å². The van der Waals surface area contributed by atoms with Crippen LogP contribution in [0.2, 0.25) is 0 Å². The van der Waals surface area contributed by atoms with Gasteiger partial charge in [-0.3, -0.25) is 14.5 Å². The summed E-state index contributed by atoms with van der Waals surface area (Å²) in [6.07, 6.45) is 0. The number of rotatable bonds is 7. The molecule has 41 heavy (non-hydrogen) atoms. The highest BCUT2D eigenvalue weighted by atomic mass is 16.5. The number of aliphatic hydroxyl groups excluding tert-OH is 1. The minimum atomic E-state index is -0.762. The van der Waals surface area contributed by atoms with E-state index in [0.29, 0.717) is 23.8 Å². The Morgan fingerprint density at radius 2 is 1.61 bits per heavy atom. The molecule has 2 aliphatic heterocycles. The Hall–Kier alpha value is -4.10. The molecule has 5 rings (SSSR count). The number of likely N-dealkylation sites (N-methyl/N-ethyl adjacent to an activating group) is 1. The number of ether oxygens (including phenoxy) is 1. The van der Waals surface area contributed by atoms with E-state index in [1.807, 2.05) is 68.4 Å². The first-order valence-corrected chi connectivity index (χ1v) is 14.3. The normalized spacial score (nSPS) is 19.3. The number of benzene rings is 3. The number of aryl methyl sites for hydroxylation is 2. The SMILES string of the molecule is Cc1cccc(C2/C(=C(/O)c3ccc(OCC(C)C)c(C)c3)C(=O)C(=O)N2c2ccc(N3CCN(C)CC3)cc2)c1. The number of carbonyl (C=O) groups is 2. The zero-order chi connectivity index (χ0) is 29.3. The van der Waals surface area contributed by atoms with Gasteiger partial charge in [0.25, 0.3) is 11.7 Å². The van der Waals surface area contributed by atoms with Gasteiger partial charge in [0.1, 0.15) is 11.5 Å². The Bertz CT molecular complexity index is 1470. The second kappa shape index (κ2) is 11.8. The second-order valence-electron chi connectivity index (χ2n) is 11.6. The van der Waals surface area contributed by atoms with E-state index in [1.54, 1.807) is 12.1 Å². The van der Waals surface area contributed by atoms with E-state index in [0.717, 1.165) is 54.3 Å². The summed E-state index contributed by atoms with van der Waals surface area (Å²) in [5, 5.41) is 11.6. The predicted octanol–water partition coefficient (Wildman–Crippen LogP) is 5.72. The maximum Gasteiger partial charge on any atom is 0.300 e. The Morgan fingerprint density at radius 1 is 0.927 bits per heavy atom. The molecule has 0 aliphatic carbocycles. The van der Waals surface area contributed by atoms with Crippen LogP contribution in [-0.4, -0.2) is 61.5 Å². The summed E-state index contributed by atoms with van der Waals surface area (Å²) in [5.41, 5.74) is 4.86. The molecule has 2 saturated heterocycles. The van der Waals surface area contributed by atoms with E-state index in [2.05, 4.69) is 30.7 Å². The molecule has 1 amide bonds. The molecule has 0 radical (unpaired) electrons. The number of aliphatic hydroxyl groups is 1. The van der Waals surface area contributed by atoms with Gasteiger partial charge in [0.2, 0.25) is 0 Å². The van der Waals surface area contributed by atoms with Gasteiger partial charge in [-0.15, -0.1) is 0 Å². The van der Waals surface area contributed by atoms with E-state index in [9.17, 15) is 14.7 Å². The molecule has 2 heterocycles. The van der Waals surface area contributed by atoms with E-state index in [-0.39, 0.29) is 11.3 Å². The summed E-state index contributed by atoms with van der Waals surface area (Å²) < 4.78 is 5.90. The number of nitrogens with zero attached hydrogens (tertiary/aromatic N) is 3. The first kappa shape index (κ1) is 28.4. The van der Waals surface area contributed by atoms with Crippen LogP contribution in [0.25, 0.3) is 5.76 Å². The summed E-state index contributed by atoms with van der Waals surface area (Å²) in [5.74, 6) is -0.436. The summed E-state index contributed by atoms with van der Waals surface area (Å²) in [6, 6.07) is 20.1. The molecule has 0 aromatic heterocycles. The van der Waals surface area contributed by atoms with Gasteiger partial charge in [-0.2, -0.15) is 0 Å². The van der Waals surface area contributed by atoms with Gasteiger partial charge >= 0.3 is 0 Å². The molecule has 7 nitrogen and oxygen atoms in total. The fourth-order valence-electron chi connectivity index (χ4n) is 5.51. The van der Waals surface area contributed by atoms with Gasteiger partial charge in [-0.05, 0) is 80.4 Å². The van der Waals surface area contributed by atoms with Crippen LogP contribution < -0.4 is 14.5 Å². The number of ketones is 1. The number of piperazine rings is 1. The Balaban J connectivity index is 1.55. The fraction of sp³-hybridized carbons (Fsp3) is 0.353. The average molecular weight is 554 g/mol. The predicted molar refractivity (Wildman–Crippen MR) is 164 cm³/mol. The number of carbonyl (C=O) groups excluding carboxylic acids is 2. The van der Waals surface area contributed by atoms with Gasteiger partial charge < -0.3 is 19.6 Å². The zero-order valence-corrected chi connectivity index (χ0v) is 24.6. The first-order chi connectivity index (χ1) is 19.6. The summed E-state index contributed by atoms with van der Waals surface area (Å²) >= 11 is 0. The van der Waals surface area contributed by atoms with Crippen LogP contribution in [0, 0.1) is 19.8 Å². The van der Waals surface area contributed by atoms with Crippen LogP contribution in [0.4, 0.5) is 11.4 Å². The van der Waals surface area contributed by atoms with Crippen molar-refractivity contribution < 1.29 is 19.4 Å². The zero-order valence-electron chi connectivity index (χ0n) is 24.6. The van der Waals surface area contributed by atoms with Gasteiger partial charge in [0.05, 0.1) is 18.2 Å². The Labute approximate surface area is 242 Å². The van der Waals surface area contributed by atoms with E-state index in [4.69, 9.17) is 4.74 Å². The molecular weight excluding hydrogens is 514 g/mol. The highest BCUT2D eigenvalue weighted by Crippen LogP contribution is 2.43. The molecule has 0 bridgehead atoms. The van der Waals surface area contributed by atoms with Crippen LogP contribution in [0.3, 0.4) is 0 Å². The quantitative estimate of drug-likeness (QED) is 0.229. The molecule has 3 aromatic rings. The van der Waals surface area contributed by atoms with Gasteiger partial charge in [-0.1, -0.05) is 43.7 Å². The average Bonchev–Trinajstić information content (AvgIpc) is 3.22. The second-order valence-corrected chi connectivity index (χ2v) is 11.6. The van der Waals surface area contributed by atoms with Crippen LogP contribution in [0.5, 0.6) is 5.75 Å². The van der Waals surface area contributed by atoms with Crippen molar-refractivity contribution in [2.45, 2.75) is 33.7 Å². The summed E-state index contributed by atoms with van der Waals surface area (Å²) in [7, 11) is 2.12. The highest BCUT2D eigenvalue weighted by molar-refractivity contribution is 6.51. The van der Waals surface area contributed by atoms with Gasteiger partial charge in [0, 0.05) is 43.1 Å². The number of amides is 1. The van der Waals surface area contributed by atoms with Gasteiger partial charge in [-0.25, -0.2) is 0 Å². The van der Waals surface area contributed by atoms with E-state index in [1.165, 1.54) is 4.90 Å². The van der Waals surface area contributed by atoms with E-state index >= 15 is 0 Å². The lowest BCUT2D eigenvalue weighted by molar-refractivity contribution is -0.132. The lowest BCUT2D eigenvalue weighted by atomic mass is 9.93. The van der Waals surface area contributed by atoms with Crippen LogP contribution in [-0.2, 0) is 9.59 Å². The molecule has 0 spiro atoms. The summed E-state index contributed by atoms with van der Waals surface area (Å²) in [4.78, 5) is 33.4. The number of hydrogen-bond acceptors (Lipinski definition) is 6. The van der Waals surface area contributed by atoms with Crippen molar-refractivity contribution in [3.8, 4) is 5.75 Å². The lowest BCUT2D eigenvalue weighted by Gasteiger charge is -2.34. The topological polar surface area (TPSA) is 73.3 Å². The molecule has 1 N–H and O–H groups in total. The summed E-state index contributed by atoms with van der Waals surface area (Å²) in [6.45, 7) is 12.5. The maximum atomic E-state index is 13.6. The molecule has 2 fully saturated rings. The molecule has 214 valence electrons. The minimum absolute atomic E-state index is 0.0824. The van der Waals surface area contributed by atoms with Crippen molar-refractivity contribution in [3.63, 3.8) is 0 Å². The maximum absolute atomic E-state index is 13.6. The number of Topliss-reactive ketones (excluding diaryl/α,β-unsaturated/α-hetero) is 1. The van der Waals surface area contributed by atoms with E-state index < -0.39 is 17.7 Å². The third-order valence-corrected chi connectivity index (χ3v) is 7.82. The minimum Gasteiger partial charge on any atom is -0.507 e. The molecule has 1 unspecified atom stereocenters. The Morgan fingerprint density at radius 3 is 2.24 bits per heavy atom. The van der Waals surface area contributed by atoms with Crippen LogP contribution >= 0.6 is 0 Å². The number of hydrogen-bond donors (Lipinski definition) is 1. The molecule has 2 aliphatic rings. The van der Waals surface area contributed by atoms with Crippen molar-refractivity contribution in [1.82, 2.24) is 4.90 Å². The highest BCUT2D eigenvalue weighted by Gasteiger charge is 2.47. The fourth-order valence-corrected chi connectivity index (χ4v) is 5.51. The van der Waals surface area contributed by atoms with Crippen molar-refractivity contribution >= 4 is 28.8 Å². The lowest BCUT2D eigenvalue weighted by Crippen LogP contribution is -2.44. The molecule has 7 heteroatoms. The van der Waals surface area contributed by atoms with Crippen molar-refractivity contribution in [2.24, 2.45) is 5.92 Å². The number of anilines is 2. The van der Waals surface area contributed by atoms with Crippen molar-refractivity contribution in [2.75, 3.05) is 49.6 Å². The smallest absolute Gasteiger partial charge is 0.300 e. The monoisotopic (exact) mass is 553 g/mol. The Kier molecular flexibility index (Phi) is 8.18. The third-order valence-electron chi connectivity index (χ3n) is 7.82.